The number of thiocarbonyl (C=S) groups is 1. The molecule has 1 aliphatic heterocycles. The van der Waals surface area contributed by atoms with Gasteiger partial charge in [-0.15, -0.1) is 0 Å². The highest BCUT2D eigenvalue weighted by molar-refractivity contribution is 7.80. The molecule has 4 nitrogen and oxygen atoms in total. The molecule has 0 bridgehead atoms. The standard InChI is InChI=1S/C17H15BN2O2S/c18-12-6-7-15-13(8-12)14(20-17(23)19-10-21)9-16(22-15)11-4-2-1-3-5-11/h1-8,10,14,16H,9H2,(H2,19,20,21,23). The summed E-state index contributed by atoms with van der Waals surface area (Å²) in [5.74, 6) is 0.769. The van der Waals surface area contributed by atoms with Crippen LogP contribution in [0.4, 0.5) is 0 Å². The molecular formula is C17H15BN2O2S. The Balaban J connectivity index is 1.91. The molecule has 2 radical (unpaired) electrons. The molecule has 1 heterocycles. The number of amides is 1. The Morgan fingerprint density at radius 3 is 2.78 bits per heavy atom. The van der Waals surface area contributed by atoms with Crippen molar-refractivity contribution in [3.63, 3.8) is 0 Å². The molecule has 0 aliphatic carbocycles. The van der Waals surface area contributed by atoms with Crippen LogP contribution >= 0.6 is 12.2 Å². The van der Waals surface area contributed by atoms with Gasteiger partial charge in [0.2, 0.25) is 6.41 Å². The third-order valence-corrected chi connectivity index (χ3v) is 4.03. The Bertz CT molecular complexity index is 724. The second-order valence-corrected chi connectivity index (χ2v) is 5.75. The third-order valence-electron chi connectivity index (χ3n) is 3.79. The number of rotatable bonds is 3. The predicted molar refractivity (Wildman–Crippen MR) is 93.9 cm³/mol. The largest absolute Gasteiger partial charge is 0.485 e. The van der Waals surface area contributed by atoms with Crippen molar-refractivity contribution in [3.8, 4) is 5.75 Å². The summed E-state index contributed by atoms with van der Waals surface area (Å²) in [6.07, 6.45) is 1.15. The van der Waals surface area contributed by atoms with Crippen LogP contribution in [0.25, 0.3) is 0 Å². The van der Waals surface area contributed by atoms with Crippen LogP contribution < -0.4 is 20.8 Å². The van der Waals surface area contributed by atoms with Crippen LogP contribution in [0.5, 0.6) is 5.75 Å². The normalized spacial score (nSPS) is 19.1. The Morgan fingerprint density at radius 2 is 2.04 bits per heavy atom. The van der Waals surface area contributed by atoms with Crippen molar-refractivity contribution in [2.75, 3.05) is 0 Å². The van der Waals surface area contributed by atoms with Gasteiger partial charge in [-0.1, -0.05) is 47.9 Å². The number of nitrogens with one attached hydrogen (secondary N) is 2. The molecule has 114 valence electrons. The first-order chi connectivity index (χ1) is 11.2. The minimum atomic E-state index is -0.0937. The Kier molecular flexibility index (Phi) is 4.62. The van der Waals surface area contributed by atoms with Gasteiger partial charge in [0.25, 0.3) is 0 Å². The molecule has 1 amide bonds. The molecule has 0 spiro atoms. The molecule has 23 heavy (non-hydrogen) atoms. The summed E-state index contributed by atoms with van der Waals surface area (Å²) in [4.78, 5) is 10.6. The summed E-state index contributed by atoms with van der Waals surface area (Å²) in [5.41, 5.74) is 2.69. The lowest BCUT2D eigenvalue weighted by molar-refractivity contribution is -0.108. The topological polar surface area (TPSA) is 50.4 Å². The van der Waals surface area contributed by atoms with Crippen molar-refractivity contribution in [1.82, 2.24) is 10.6 Å². The van der Waals surface area contributed by atoms with E-state index in [0.29, 0.717) is 18.3 Å². The highest BCUT2D eigenvalue weighted by Crippen LogP contribution is 2.40. The van der Waals surface area contributed by atoms with E-state index in [2.05, 4.69) is 10.6 Å². The molecule has 6 heteroatoms. The molecule has 0 aromatic heterocycles. The summed E-state index contributed by atoms with van der Waals surface area (Å²) in [7, 11) is 5.89. The molecular weight excluding hydrogens is 307 g/mol. The smallest absolute Gasteiger partial charge is 0.213 e. The second kappa shape index (κ2) is 6.83. The third kappa shape index (κ3) is 3.53. The van der Waals surface area contributed by atoms with E-state index in [0.717, 1.165) is 16.9 Å². The molecule has 1 aliphatic rings. The SMILES string of the molecule is [B]c1ccc2c(c1)C(NC(=S)NC=O)CC(c1ccccc1)O2. The van der Waals surface area contributed by atoms with Crippen molar-refractivity contribution in [2.45, 2.75) is 18.6 Å². The molecule has 2 atom stereocenters. The van der Waals surface area contributed by atoms with Gasteiger partial charge in [0, 0.05) is 12.0 Å². The van der Waals surface area contributed by atoms with Gasteiger partial charge in [-0.25, -0.2) is 0 Å². The van der Waals surface area contributed by atoms with Gasteiger partial charge in [0.15, 0.2) is 5.11 Å². The van der Waals surface area contributed by atoms with Crippen LogP contribution in [0.3, 0.4) is 0 Å². The Labute approximate surface area is 141 Å². The summed E-state index contributed by atoms with van der Waals surface area (Å²) < 4.78 is 6.12. The van der Waals surface area contributed by atoms with E-state index >= 15 is 0 Å². The first-order valence-electron chi connectivity index (χ1n) is 7.29. The number of fused-ring (bicyclic) bond motifs is 1. The number of benzene rings is 2. The average Bonchev–Trinajstić information content (AvgIpc) is 2.56. The van der Waals surface area contributed by atoms with Crippen LogP contribution in [0.15, 0.2) is 48.5 Å². The minimum Gasteiger partial charge on any atom is -0.485 e. The molecule has 2 aromatic rings. The number of carbonyl (C=O) groups is 1. The van der Waals surface area contributed by atoms with Crippen molar-refractivity contribution in [2.24, 2.45) is 0 Å². The van der Waals surface area contributed by atoms with E-state index in [1.165, 1.54) is 0 Å². The van der Waals surface area contributed by atoms with E-state index < -0.39 is 0 Å². The van der Waals surface area contributed by atoms with Crippen molar-refractivity contribution >= 4 is 37.0 Å². The summed E-state index contributed by atoms with van der Waals surface area (Å²) in [5, 5.41) is 5.90. The van der Waals surface area contributed by atoms with Crippen LogP contribution in [-0.4, -0.2) is 19.4 Å². The van der Waals surface area contributed by atoms with E-state index in [-0.39, 0.29) is 17.3 Å². The van der Waals surface area contributed by atoms with Gasteiger partial charge in [-0.05, 0) is 23.8 Å². The monoisotopic (exact) mass is 322 g/mol. The van der Waals surface area contributed by atoms with Gasteiger partial charge in [-0.2, -0.15) is 0 Å². The van der Waals surface area contributed by atoms with Gasteiger partial charge in [-0.3, -0.25) is 4.79 Å². The summed E-state index contributed by atoms with van der Waals surface area (Å²) in [6, 6.07) is 15.5. The number of carbonyl (C=O) groups excluding carboxylic acids is 1. The zero-order valence-electron chi connectivity index (χ0n) is 12.4. The summed E-state index contributed by atoms with van der Waals surface area (Å²) >= 11 is 5.13. The average molecular weight is 322 g/mol. The molecule has 3 rings (SSSR count). The molecule has 0 saturated heterocycles. The lowest BCUT2D eigenvalue weighted by atomic mass is 9.87. The van der Waals surface area contributed by atoms with Crippen molar-refractivity contribution < 1.29 is 9.53 Å². The summed E-state index contributed by atoms with van der Waals surface area (Å²) in [6.45, 7) is 0. The van der Waals surface area contributed by atoms with Gasteiger partial charge in [0.05, 0.1) is 6.04 Å². The number of hydrogen-bond acceptors (Lipinski definition) is 3. The van der Waals surface area contributed by atoms with Gasteiger partial charge >= 0.3 is 0 Å². The fourth-order valence-electron chi connectivity index (χ4n) is 2.75. The minimum absolute atomic E-state index is 0.0904. The van der Waals surface area contributed by atoms with Crippen molar-refractivity contribution in [1.29, 1.82) is 0 Å². The lowest BCUT2D eigenvalue weighted by Crippen LogP contribution is -2.39. The van der Waals surface area contributed by atoms with E-state index in [1.807, 2.05) is 48.5 Å². The maximum Gasteiger partial charge on any atom is 0.213 e. The van der Waals surface area contributed by atoms with Gasteiger partial charge < -0.3 is 15.4 Å². The van der Waals surface area contributed by atoms with Crippen LogP contribution in [0.2, 0.25) is 0 Å². The quantitative estimate of drug-likeness (QED) is 0.513. The zero-order chi connectivity index (χ0) is 16.2. The molecule has 2 N–H and O–H groups in total. The van der Waals surface area contributed by atoms with E-state index in [4.69, 9.17) is 24.8 Å². The fourth-order valence-corrected chi connectivity index (χ4v) is 2.94. The van der Waals surface area contributed by atoms with Crippen LogP contribution in [0, 0.1) is 0 Å². The van der Waals surface area contributed by atoms with Crippen LogP contribution in [-0.2, 0) is 4.79 Å². The Hall–Kier alpha value is -2.34. The number of hydrogen-bond donors (Lipinski definition) is 2. The predicted octanol–water partition coefficient (Wildman–Crippen LogP) is 1.67. The zero-order valence-corrected chi connectivity index (χ0v) is 13.2. The van der Waals surface area contributed by atoms with Gasteiger partial charge in [0.1, 0.15) is 19.7 Å². The second-order valence-electron chi connectivity index (χ2n) is 5.34. The maximum absolute atomic E-state index is 10.6. The van der Waals surface area contributed by atoms with Crippen LogP contribution in [0.1, 0.15) is 29.7 Å². The lowest BCUT2D eigenvalue weighted by Gasteiger charge is -2.33. The molecule has 0 saturated carbocycles. The number of ether oxygens (including phenoxy) is 1. The highest BCUT2D eigenvalue weighted by Gasteiger charge is 2.29. The van der Waals surface area contributed by atoms with E-state index in [9.17, 15) is 4.79 Å². The van der Waals surface area contributed by atoms with Crippen molar-refractivity contribution in [3.05, 3.63) is 59.7 Å². The first kappa shape index (κ1) is 15.6. The maximum atomic E-state index is 10.6. The molecule has 0 fully saturated rings. The molecule has 2 unspecified atom stereocenters. The first-order valence-corrected chi connectivity index (χ1v) is 7.70. The fraction of sp³-hybridized carbons (Fsp3) is 0.176. The van der Waals surface area contributed by atoms with E-state index in [1.54, 1.807) is 0 Å². The Morgan fingerprint density at radius 1 is 1.26 bits per heavy atom. The molecule has 2 aromatic carbocycles. The highest BCUT2D eigenvalue weighted by atomic mass is 32.1.